The van der Waals surface area contributed by atoms with Crippen LogP contribution in [0.4, 0.5) is 17.6 Å². The summed E-state index contributed by atoms with van der Waals surface area (Å²) in [5, 5.41) is 11.3. The lowest BCUT2D eigenvalue weighted by molar-refractivity contribution is -0.164. The van der Waals surface area contributed by atoms with Gasteiger partial charge in [-0.2, -0.15) is 13.2 Å². The minimum absolute atomic E-state index is 0.110. The summed E-state index contributed by atoms with van der Waals surface area (Å²) in [4.78, 5) is 22.4. The standard InChI is InChI=1S/C15H17F4NO3/c16-12-6-4-10(5-7-12)13(21)20-8-2-1-3-11(14(22)23)9-15(17,18)19/h4-7,11H,1-3,8-9H2,(H,20,21)(H,22,23). The van der Waals surface area contributed by atoms with Gasteiger partial charge < -0.3 is 10.4 Å². The highest BCUT2D eigenvalue weighted by molar-refractivity contribution is 5.94. The van der Waals surface area contributed by atoms with Crippen molar-refractivity contribution in [3.05, 3.63) is 35.6 Å². The first-order valence-electron chi connectivity index (χ1n) is 7.02. The number of halogens is 4. The van der Waals surface area contributed by atoms with Crippen molar-refractivity contribution in [3.8, 4) is 0 Å². The van der Waals surface area contributed by atoms with E-state index in [1.54, 1.807) is 0 Å². The number of carbonyl (C=O) groups is 2. The van der Waals surface area contributed by atoms with E-state index in [-0.39, 0.29) is 24.9 Å². The number of hydrogen-bond acceptors (Lipinski definition) is 2. The smallest absolute Gasteiger partial charge is 0.389 e. The first kappa shape index (κ1) is 18.9. The molecule has 1 aromatic rings. The number of unbranched alkanes of at least 4 members (excludes halogenated alkanes) is 1. The van der Waals surface area contributed by atoms with Crippen LogP contribution in [0.3, 0.4) is 0 Å². The number of nitrogens with one attached hydrogen (secondary N) is 1. The van der Waals surface area contributed by atoms with Crippen LogP contribution in [0.15, 0.2) is 24.3 Å². The number of rotatable bonds is 8. The molecule has 0 aliphatic heterocycles. The van der Waals surface area contributed by atoms with Gasteiger partial charge in [0.15, 0.2) is 0 Å². The number of hydrogen-bond donors (Lipinski definition) is 2. The van der Waals surface area contributed by atoms with Crippen molar-refractivity contribution in [2.75, 3.05) is 6.54 Å². The molecule has 1 rings (SSSR count). The van der Waals surface area contributed by atoms with E-state index in [1.807, 2.05) is 0 Å². The van der Waals surface area contributed by atoms with Gasteiger partial charge in [-0.25, -0.2) is 4.39 Å². The zero-order valence-corrected chi connectivity index (χ0v) is 12.2. The lowest BCUT2D eigenvalue weighted by atomic mass is 9.98. The predicted octanol–water partition coefficient (Wildman–Crippen LogP) is 3.38. The van der Waals surface area contributed by atoms with Crippen molar-refractivity contribution < 1.29 is 32.3 Å². The summed E-state index contributed by atoms with van der Waals surface area (Å²) in [6, 6.07) is 4.91. The van der Waals surface area contributed by atoms with Gasteiger partial charge in [0.1, 0.15) is 5.82 Å². The maximum Gasteiger partial charge on any atom is 0.389 e. The maximum atomic E-state index is 12.7. The summed E-state index contributed by atoms with van der Waals surface area (Å²) < 4.78 is 49.4. The molecule has 0 aliphatic rings. The minimum Gasteiger partial charge on any atom is -0.481 e. The largest absolute Gasteiger partial charge is 0.481 e. The molecule has 0 saturated carbocycles. The van der Waals surface area contributed by atoms with Gasteiger partial charge in [-0.3, -0.25) is 9.59 Å². The Morgan fingerprint density at radius 1 is 1.13 bits per heavy atom. The Morgan fingerprint density at radius 3 is 2.26 bits per heavy atom. The van der Waals surface area contributed by atoms with Crippen LogP contribution in [0.25, 0.3) is 0 Å². The number of benzene rings is 1. The Bertz CT molecular complexity index is 529. The fourth-order valence-corrected chi connectivity index (χ4v) is 2.01. The van der Waals surface area contributed by atoms with E-state index in [0.717, 1.165) is 12.1 Å². The van der Waals surface area contributed by atoms with Crippen LogP contribution < -0.4 is 5.32 Å². The Labute approximate surface area is 130 Å². The molecule has 0 aliphatic carbocycles. The highest BCUT2D eigenvalue weighted by atomic mass is 19.4. The van der Waals surface area contributed by atoms with Gasteiger partial charge in [0, 0.05) is 12.1 Å². The molecular weight excluding hydrogens is 318 g/mol. The maximum absolute atomic E-state index is 12.7. The SMILES string of the molecule is O=C(NCCCCC(CC(F)(F)F)C(=O)O)c1ccc(F)cc1. The molecule has 8 heteroatoms. The summed E-state index contributed by atoms with van der Waals surface area (Å²) in [6.45, 7) is 0.203. The summed E-state index contributed by atoms with van der Waals surface area (Å²) in [6.07, 6.45) is -5.38. The van der Waals surface area contributed by atoms with Gasteiger partial charge in [-0.1, -0.05) is 6.42 Å². The lowest BCUT2D eigenvalue weighted by Crippen LogP contribution is -2.25. The molecule has 0 aromatic heterocycles. The molecule has 2 N–H and O–H groups in total. The van der Waals surface area contributed by atoms with Crippen LogP contribution in [0, 0.1) is 11.7 Å². The molecule has 1 amide bonds. The molecule has 0 saturated heterocycles. The van der Waals surface area contributed by atoms with Crippen molar-refractivity contribution in [1.82, 2.24) is 5.32 Å². The van der Waals surface area contributed by atoms with Gasteiger partial charge >= 0.3 is 12.1 Å². The minimum atomic E-state index is -4.51. The Hall–Kier alpha value is -2.12. The Balaban J connectivity index is 2.29. The number of amides is 1. The molecule has 1 atom stereocenters. The van der Waals surface area contributed by atoms with Gasteiger partial charge in [-0.15, -0.1) is 0 Å². The predicted molar refractivity (Wildman–Crippen MR) is 74.4 cm³/mol. The lowest BCUT2D eigenvalue weighted by Gasteiger charge is -2.14. The highest BCUT2D eigenvalue weighted by Gasteiger charge is 2.34. The second-order valence-electron chi connectivity index (χ2n) is 5.11. The molecule has 0 bridgehead atoms. The number of carbonyl (C=O) groups excluding carboxylic acids is 1. The number of carboxylic acids is 1. The molecule has 1 unspecified atom stereocenters. The number of aliphatic carboxylic acids is 1. The second kappa shape index (κ2) is 8.50. The van der Waals surface area contributed by atoms with Gasteiger partial charge in [0.05, 0.1) is 12.3 Å². The van der Waals surface area contributed by atoms with Crippen molar-refractivity contribution >= 4 is 11.9 Å². The van der Waals surface area contributed by atoms with E-state index in [0.29, 0.717) is 6.42 Å². The monoisotopic (exact) mass is 335 g/mol. The van der Waals surface area contributed by atoms with Gasteiger partial charge in [0.25, 0.3) is 5.91 Å². The zero-order valence-electron chi connectivity index (χ0n) is 12.2. The van der Waals surface area contributed by atoms with Crippen LogP contribution in [-0.4, -0.2) is 29.7 Å². The quantitative estimate of drug-likeness (QED) is 0.565. The van der Waals surface area contributed by atoms with E-state index in [4.69, 9.17) is 5.11 Å². The van der Waals surface area contributed by atoms with Crippen LogP contribution >= 0.6 is 0 Å². The van der Waals surface area contributed by atoms with E-state index < -0.39 is 36.2 Å². The second-order valence-corrected chi connectivity index (χ2v) is 5.11. The molecule has 4 nitrogen and oxygen atoms in total. The topological polar surface area (TPSA) is 66.4 Å². The van der Waals surface area contributed by atoms with Crippen molar-refractivity contribution in [2.24, 2.45) is 5.92 Å². The third kappa shape index (κ3) is 7.62. The van der Waals surface area contributed by atoms with Crippen LogP contribution in [0.2, 0.25) is 0 Å². The molecule has 0 spiro atoms. The molecule has 0 heterocycles. The molecular formula is C15H17F4NO3. The van der Waals surface area contributed by atoms with Crippen LogP contribution in [0.1, 0.15) is 36.0 Å². The zero-order chi connectivity index (χ0) is 17.5. The van der Waals surface area contributed by atoms with Crippen LogP contribution in [-0.2, 0) is 4.79 Å². The van der Waals surface area contributed by atoms with Crippen molar-refractivity contribution in [2.45, 2.75) is 31.9 Å². The Morgan fingerprint density at radius 2 is 1.74 bits per heavy atom. The van der Waals surface area contributed by atoms with Crippen LogP contribution in [0.5, 0.6) is 0 Å². The summed E-state index contributed by atoms with van der Waals surface area (Å²) in [5.74, 6) is -3.83. The fraction of sp³-hybridized carbons (Fsp3) is 0.467. The van der Waals surface area contributed by atoms with E-state index in [9.17, 15) is 27.2 Å². The van der Waals surface area contributed by atoms with Crippen molar-refractivity contribution in [3.63, 3.8) is 0 Å². The van der Waals surface area contributed by atoms with E-state index in [1.165, 1.54) is 12.1 Å². The number of carboxylic acid groups (broad SMARTS) is 1. The average molecular weight is 335 g/mol. The van der Waals surface area contributed by atoms with Gasteiger partial charge in [-0.05, 0) is 37.1 Å². The molecule has 23 heavy (non-hydrogen) atoms. The average Bonchev–Trinajstić information content (AvgIpc) is 2.44. The van der Waals surface area contributed by atoms with Gasteiger partial charge in [0.2, 0.25) is 0 Å². The Kier molecular flexibility index (Phi) is 6.99. The normalized spacial score (nSPS) is 12.7. The summed E-state index contributed by atoms with van der Waals surface area (Å²) >= 11 is 0. The first-order valence-corrected chi connectivity index (χ1v) is 7.02. The van der Waals surface area contributed by atoms with E-state index in [2.05, 4.69) is 5.32 Å². The highest BCUT2D eigenvalue weighted by Crippen LogP contribution is 2.27. The summed E-state index contributed by atoms with van der Waals surface area (Å²) in [5.41, 5.74) is 0.270. The van der Waals surface area contributed by atoms with Crippen molar-refractivity contribution in [1.29, 1.82) is 0 Å². The van der Waals surface area contributed by atoms with E-state index >= 15 is 0 Å². The first-order chi connectivity index (χ1) is 10.7. The molecule has 0 radical (unpaired) electrons. The molecule has 1 aromatic carbocycles. The molecule has 128 valence electrons. The molecule has 0 fully saturated rings. The third-order valence-electron chi connectivity index (χ3n) is 3.20. The summed E-state index contributed by atoms with van der Waals surface area (Å²) in [7, 11) is 0. The third-order valence-corrected chi connectivity index (χ3v) is 3.20. The fourth-order valence-electron chi connectivity index (χ4n) is 2.01. The number of alkyl halides is 3.